The molecule has 0 aromatic rings. The van der Waals surface area contributed by atoms with Crippen LogP contribution in [-0.4, -0.2) is 51.7 Å². The molecule has 0 saturated carbocycles. The maximum atomic E-state index is 6.09. The number of epoxide rings is 1. The van der Waals surface area contributed by atoms with Gasteiger partial charge in [0.15, 0.2) is 0 Å². The smallest absolute Gasteiger partial charge is 0.271 e. The van der Waals surface area contributed by atoms with Crippen molar-refractivity contribution in [1.82, 2.24) is 0 Å². The summed E-state index contributed by atoms with van der Waals surface area (Å²) in [4.78, 5) is 0. The minimum atomic E-state index is -0.541. The van der Waals surface area contributed by atoms with Crippen LogP contribution < -0.4 is 0 Å². The highest BCUT2D eigenvalue weighted by Gasteiger charge is 2.22. The highest BCUT2D eigenvalue weighted by Crippen LogP contribution is 2.17. The van der Waals surface area contributed by atoms with E-state index in [0.29, 0.717) is 19.3 Å². The quantitative estimate of drug-likeness (QED) is 0.169. The van der Waals surface area contributed by atoms with Crippen molar-refractivity contribution in [3.05, 3.63) is 0 Å². The molecule has 2 atom stereocenters. The second-order valence-corrected chi connectivity index (χ2v) is 7.04. The topological polar surface area (TPSA) is 49.5 Å². The molecule has 0 bridgehead atoms. The van der Waals surface area contributed by atoms with Gasteiger partial charge in [0, 0.05) is 19.8 Å². The third-order valence-corrected chi connectivity index (χ3v) is 4.56. The van der Waals surface area contributed by atoms with Crippen molar-refractivity contribution in [3.8, 4) is 0 Å². The maximum absolute atomic E-state index is 6.09. The first-order chi connectivity index (χ1) is 12.8. The Labute approximate surface area is 161 Å². The SMILES string of the molecule is CCCCCCCCCC(CCCOCC1CO1)OC(OCC)OCC. The van der Waals surface area contributed by atoms with Gasteiger partial charge in [-0.3, -0.25) is 0 Å². The number of rotatable bonds is 20. The van der Waals surface area contributed by atoms with Gasteiger partial charge in [-0.2, -0.15) is 0 Å². The zero-order chi connectivity index (χ0) is 18.9. The molecule has 1 fully saturated rings. The van der Waals surface area contributed by atoms with Crippen LogP contribution in [0.4, 0.5) is 0 Å². The number of unbranched alkanes of at least 4 members (excludes halogenated alkanes) is 6. The summed E-state index contributed by atoms with van der Waals surface area (Å²) in [6, 6.07) is 0. The van der Waals surface area contributed by atoms with Gasteiger partial charge in [-0.25, -0.2) is 0 Å². The second kappa shape index (κ2) is 16.9. The van der Waals surface area contributed by atoms with Crippen LogP contribution in [0, 0.1) is 0 Å². The Hall–Kier alpha value is -0.200. The molecule has 156 valence electrons. The van der Waals surface area contributed by atoms with E-state index in [-0.39, 0.29) is 6.10 Å². The summed E-state index contributed by atoms with van der Waals surface area (Å²) in [5.41, 5.74) is 0. The van der Waals surface area contributed by atoms with Crippen LogP contribution in [0.3, 0.4) is 0 Å². The Kier molecular flexibility index (Phi) is 15.5. The van der Waals surface area contributed by atoms with E-state index in [1.165, 1.54) is 44.9 Å². The van der Waals surface area contributed by atoms with Gasteiger partial charge < -0.3 is 23.7 Å². The highest BCUT2D eigenvalue weighted by atomic mass is 16.8. The van der Waals surface area contributed by atoms with E-state index >= 15 is 0 Å². The van der Waals surface area contributed by atoms with Gasteiger partial charge in [-0.15, -0.1) is 0 Å². The van der Waals surface area contributed by atoms with Crippen LogP contribution >= 0.6 is 0 Å². The van der Waals surface area contributed by atoms with E-state index in [9.17, 15) is 0 Å². The van der Waals surface area contributed by atoms with Gasteiger partial charge >= 0.3 is 0 Å². The molecule has 0 aromatic carbocycles. The van der Waals surface area contributed by atoms with E-state index in [2.05, 4.69) is 6.92 Å². The lowest BCUT2D eigenvalue weighted by molar-refractivity contribution is -0.303. The van der Waals surface area contributed by atoms with Crippen LogP contribution in [0.25, 0.3) is 0 Å². The molecule has 5 heteroatoms. The molecule has 2 unspecified atom stereocenters. The normalized spacial score (nSPS) is 17.8. The van der Waals surface area contributed by atoms with Crippen molar-refractivity contribution in [2.24, 2.45) is 0 Å². The van der Waals surface area contributed by atoms with Gasteiger partial charge in [0.25, 0.3) is 6.48 Å². The van der Waals surface area contributed by atoms with E-state index in [1.807, 2.05) is 13.8 Å². The summed E-state index contributed by atoms with van der Waals surface area (Å²) >= 11 is 0. The molecule has 1 saturated heterocycles. The van der Waals surface area contributed by atoms with Gasteiger partial charge in [0.1, 0.15) is 6.10 Å². The minimum absolute atomic E-state index is 0.175. The predicted molar refractivity (Wildman–Crippen MR) is 104 cm³/mol. The van der Waals surface area contributed by atoms with Crippen molar-refractivity contribution in [2.45, 2.75) is 104 Å². The average Bonchev–Trinajstić information content (AvgIpc) is 3.45. The zero-order valence-corrected chi connectivity index (χ0v) is 17.4. The van der Waals surface area contributed by atoms with Crippen molar-refractivity contribution in [1.29, 1.82) is 0 Å². The van der Waals surface area contributed by atoms with Crippen LogP contribution in [0.5, 0.6) is 0 Å². The van der Waals surface area contributed by atoms with Crippen molar-refractivity contribution in [3.63, 3.8) is 0 Å². The molecule has 0 amide bonds. The fourth-order valence-electron chi connectivity index (χ4n) is 2.96. The Morgan fingerprint density at radius 3 is 2.08 bits per heavy atom. The van der Waals surface area contributed by atoms with Crippen LogP contribution in [0.1, 0.15) is 85.0 Å². The van der Waals surface area contributed by atoms with E-state index in [0.717, 1.165) is 39.1 Å². The molecule has 1 aliphatic rings. The summed E-state index contributed by atoms with van der Waals surface area (Å²) in [5.74, 6) is 0. The summed E-state index contributed by atoms with van der Waals surface area (Å²) in [6.07, 6.45) is 12.8. The lowest BCUT2D eigenvalue weighted by Crippen LogP contribution is -2.28. The van der Waals surface area contributed by atoms with Crippen molar-refractivity contribution < 1.29 is 23.7 Å². The van der Waals surface area contributed by atoms with Gasteiger partial charge in [0.2, 0.25) is 0 Å². The first-order valence-corrected chi connectivity index (χ1v) is 10.9. The number of hydrogen-bond acceptors (Lipinski definition) is 5. The molecule has 0 spiro atoms. The molecule has 5 nitrogen and oxygen atoms in total. The second-order valence-electron chi connectivity index (χ2n) is 7.04. The Morgan fingerprint density at radius 1 is 0.846 bits per heavy atom. The summed E-state index contributed by atoms with van der Waals surface area (Å²) in [7, 11) is 0. The largest absolute Gasteiger partial charge is 0.379 e. The van der Waals surface area contributed by atoms with Gasteiger partial charge in [-0.1, -0.05) is 51.9 Å². The molecule has 0 aromatic heterocycles. The summed E-state index contributed by atoms with van der Waals surface area (Å²) in [5, 5.41) is 0. The summed E-state index contributed by atoms with van der Waals surface area (Å²) in [6.45, 7) is 9.20. The lowest BCUT2D eigenvalue weighted by Gasteiger charge is -2.24. The van der Waals surface area contributed by atoms with E-state index < -0.39 is 6.48 Å². The molecular weight excluding hydrogens is 332 g/mol. The molecular formula is C21H42O5. The average molecular weight is 375 g/mol. The lowest BCUT2D eigenvalue weighted by atomic mass is 10.0. The van der Waals surface area contributed by atoms with E-state index in [1.54, 1.807) is 0 Å². The van der Waals surface area contributed by atoms with Crippen molar-refractivity contribution >= 4 is 0 Å². The van der Waals surface area contributed by atoms with Gasteiger partial charge in [0.05, 0.1) is 19.3 Å². The first-order valence-electron chi connectivity index (χ1n) is 10.9. The fourth-order valence-corrected chi connectivity index (χ4v) is 2.96. The highest BCUT2D eigenvalue weighted by molar-refractivity contribution is 4.67. The molecule has 0 N–H and O–H groups in total. The fraction of sp³-hybridized carbons (Fsp3) is 1.00. The number of hydrogen-bond donors (Lipinski definition) is 0. The monoisotopic (exact) mass is 374 g/mol. The Balaban J connectivity index is 2.20. The van der Waals surface area contributed by atoms with Crippen LogP contribution in [-0.2, 0) is 23.7 Å². The van der Waals surface area contributed by atoms with Crippen LogP contribution in [0.15, 0.2) is 0 Å². The Bertz CT molecular complexity index is 290. The minimum Gasteiger partial charge on any atom is -0.379 e. The first kappa shape index (κ1) is 23.8. The molecule has 1 aliphatic heterocycles. The predicted octanol–water partition coefficient (Wildman–Crippen LogP) is 5.06. The third-order valence-electron chi connectivity index (χ3n) is 4.56. The molecule has 1 rings (SSSR count). The van der Waals surface area contributed by atoms with Crippen molar-refractivity contribution in [2.75, 3.05) is 33.0 Å². The molecule has 26 heavy (non-hydrogen) atoms. The zero-order valence-electron chi connectivity index (χ0n) is 17.4. The molecule has 1 heterocycles. The maximum Gasteiger partial charge on any atom is 0.271 e. The third kappa shape index (κ3) is 13.9. The van der Waals surface area contributed by atoms with E-state index in [4.69, 9.17) is 23.7 Å². The Morgan fingerprint density at radius 2 is 1.46 bits per heavy atom. The standard InChI is InChI=1S/C21H42O5/c1-4-7-8-9-10-11-12-14-19(26-21(23-5-2)24-6-3)15-13-16-22-17-20-18-25-20/h19-21H,4-18H2,1-3H3. The van der Waals surface area contributed by atoms with Crippen LogP contribution in [0.2, 0.25) is 0 Å². The number of ether oxygens (including phenoxy) is 5. The van der Waals surface area contributed by atoms with Gasteiger partial charge in [-0.05, 0) is 33.1 Å². The molecule has 0 aliphatic carbocycles. The molecule has 0 radical (unpaired) electrons. The summed E-state index contributed by atoms with van der Waals surface area (Å²) < 4.78 is 28.0.